The van der Waals surface area contributed by atoms with E-state index >= 15 is 0 Å². The number of aromatic nitrogens is 2. The molecule has 27 heavy (non-hydrogen) atoms. The third kappa shape index (κ3) is 3.08. The summed E-state index contributed by atoms with van der Waals surface area (Å²) < 4.78 is 5.93. The Morgan fingerprint density at radius 3 is 2.74 bits per heavy atom. The van der Waals surface area contributed by atoms with E-state index in [0.717, 1.165) is 11.1 Å². The number of fused-ring (bicyclic) bond motifs is 2. The van der Waals surface area contributed by atoms with Crippen molar-refractivity contribution in [3.05, 3.63) is 80.4 Å². The van der Waals surface area contributed by atoms with Crippen LogP contribution in [0.2, 0.25) is 5.02 Å². The SMILES string of the molecule is CC(=O)Nc1ccc2c(c1)Oc1nc(C)[nH]c(=O)c1C2c1ccccc1Cl. The summed E-state index contributed by atoms with van der Waals surface area (Å²) in [6, 6.07) is 12.7. The highest BCUT2D eigenvalue weighted by atomic mass is 35.5. The lowest BCUT2D eigenvalue weighted by molar-refractivity contribution is -0.114. The Hall–Kier alpha value is -3.12. The zero-order valence-electron chi connectivity index (χ0n) is 14.7. The number of hydrogen-bond donors (Lipinski definition) is 2. The van der Waals surface area contributed by atoms with Gasteiger partial charge in [-0.1, -0.05) is 35.9 Å². The number of carbonyl (C=O) groups excluding carboxylic acids is 1. The maximum Gasteiger partial charge on any atom is 0.258 e. The van der Waals surface area contributed by atoms with Crippen molar-refractivity contribution in [3.8, 4) is 11.6 Å². The monoisotopic (exact) mass is 381 g/mol. The second-order valence-electron chi connectivity index (χ2n) is 6.36. The van der Waals surface area contributed by atoms with Crippen LogP contribution >= 0.6 is 11.6 Å². The molecule has 1 aromatic heterocycles. The molecule has 0 bridgehead atoms. The summed E-state index contributed by atoms with van der Waals surface area (Å²) in [5.74, 6) is 0.614. The maximum absolute atomic E-state index is 12.7. The van der Waals surface area contributed by atoms with Crippen molar-refractivity contribution in [1.82, 2.24) is 9.97 Å². The highest BCUT2D eigenvalue weighted by Gasteiger charge is 2.34. The molecule has 6 nitrogen and oxygen atoms in total. The largest absolute Gasteiger partial charge is 0.438 e. The van der Waals surface area contributed by atoms with E-state index in [1.54, 1.807) is 25.1 Å². The van der Waals surface area contributed by atoms with Crippen molar-refractivity contribution < 1.29 is 9.53 Å². The molecule has 2 N–H and O–H groups in total. The van der Waals surface area contributed by atoms with Gasteiger partial charge in [0.25, 0.3) is 5.56 Å². The number of ether oxygens (including phenoxy) is 1. The second kappa shape index (κ2) is 6.55. The number of anilines is 1. The molecule has 2 heterocycles. The molecular weight excluding hydrogens is 366 g/mol. The van der Waals surface area contributed by atoms with Crippen LogP contribution in [0.4, 0.5) is 5.69 Å². The average Bonchev–Trinajstić information content (AvgIpc) is 2.59. The number of rotatable bonds is 2. The van der Waals surface area contributed by atoms with Gasteiger partial charge in [-0.2, -0.15) is 4.98 Å². The van der Waals surface area contributed by atoms with E-state index in [1.165, 1.54) is 6.92 Å². The molecule has 1 aliphatic heterocycles. The Balaban J connectivity index is 1.97. The minimum atomic E-state index is -0.430. The number of aromatic amines is 1. The van der Waals surface area contributed by atoms with E-state index in [0.29, 0.717) is 27.8 Å². The van der Waals surface area contributed by atoms with Gasteiger partial charge < -0.3 is 15.0 Å². The third-order valence-electron chi connectivity index (χ3n) is 4.40. The molecule has 2 aromatic carbocycles. The number of aryl methyl sites for hydroxylation is 1. The molecule has 4 rings (SSSR count). The van der Waals surface area contributed by atoms with E-state index in [1.807, 2.05) is 24.3 Å². The van der Waals surface area contributed by atoms with Crippen molar-refractivity contribution in [1.29, 1.82) is 0 Å². The van der Waals surface area contributed by atoms with Crippen LogP contribution in [0.1, 0.15) is 35.4 Å². The van der Waals surface area contributed by atoms with Crippen LogP contribution in [0.15, 0.2) is 47.3 Å². The molecule has 136 valence electrons. The molecule has 0 saturated heterocycles. The number of H-pyrrole nitrogens is 1. The van der Waals surface area contributed by atoms with Crippen LogP contribution in [0.25, 0.3) is 0 Å². The lowest BCUT2D eigenvalue weighted by Gasteiger charge is -2.28. The van der Waals surface area contributed by atoms with Crippen molar-refractivity contribution >= 4 is 23.2 Å². The second-order valence-corrected chi connectivity index (χ2v) is 6.77. The topological polar surface area (TPSA) is 84.1 Å². The van der Waals surface area contributed by atoms with Crippen molar-refractivity contribution in [2.75, 3.05) is 5.32 Å². The van der Waals surface area contributed by atoms with Gasteiger partial charge in [-0.25, -0.2) is 0 Å². The molecule has 7 heteroatoms. The van der Waals surface area contributed by atoms with Crippen LogP contribution in [-0.2, 0) is 4.79 Å². The van der Waals surface area contributed by atoms with E-state index in [4.69, 9.17) is 16.3 Å². The number of hydrogen-bond acceptors (Lipinski definition) is 4. The van der Waals surface area contributed by atoms with Gasteiger partial charge in [0.15, 0.2) is 0 Å². The predicted octanol–water partition coefficient (Wildman–Crippen LogP) is 3.98. The molecule has 0 radical (unpaired) electrons. The van der Waals surface area contributed by atoms with E-state index in [2.05, 4.69) is 15.3 Å². The van der Waals surface area contributed by atoms with Gasteiger partial charge in [-0.3, -0.25) is 9.59 Å². The Kier molecular flexibility index (Phi) is 4.20. The maximum atomic E-state index is 12.7. The molecule has 1 unspecified atom stereocenters. The molecular formula is C20H16ClN3O3. The fraction of sp³-hybridized carbons (Fsp3) is 0.150. The Morgan fingerprint density at radius 1 is 1.22 bits per heavy atom. The van der Waals surface area contributed by atoms with Crippen LogP contribution in [0, 0.1) is 6.92 Å². The van der Waals surface area contributed by atoms with Crippen molar-refractivity contribution in [2.45, 2.75) is 19.8 Å². The fourth-order valence-corrected chi connectivity index (χ4v) is 3.58. The highest BCUT2D eigenvalue weighted by molar-refractivity contribution is 6.31. The normalized spacial score (nSPS) is 14.7. The summed E-state index contributed by atoms with van der Waals surface area (Å²) in [6.45, 7) is 3.13. The van der Waals surface area contributed by atoms with Gasteiger partial charge in [0, 0.05) is 35.2 Å². The van der Waals surface area contributed by atoms with Gasteiger partial charge in [0.1, 0.15) is 11.6 Å². The third-order valence-corrected chi connectivity index (χ3v) is 4.74. The number of amides is 1. The van der Waals surface area contributed by atoms with Crippen LogP contribution in [0.3, 0.4) is 0 Å². The smallest absolute Gasteiger partial charge is 0.258 e. The average molecular weight is 382 g/mol. The van der Waals surface area contributed by atoms with Crippen LogP contribution in [-0.4, -0.2) is 15.9 Å². The molecule has 0 fully saturated rings. The predicted molar refractivity (Wildman–Crippen MR) is 103 cm³/mol. The molecule has 1 aliphatic rings. The molecule has 1 amide bonds. The molecule has 1 atom stereocenters. The summed E-state index contributed by atoms with van der Waals surface area (Å²) in [5, 5.41) is 3.28. The van der Waals surface area contributed by atoms with Gasteiger partial charge in [-0.05, 0) is 24.6 Å². The van der Waals surface area contributed by atoms with Crippen LogP contribution in [0.5, 0.6) is 11.6 Å². The fourth-order valence-electron chi connectivity index (χ4n) is 3.34. The number of halogens is 1. The van der Waals surface area contributed by atoms with E-state index in [-0.39, 0.29) is 17.3 Å². The molecule has 3 aromatic rings. The van der Waals surface area contributed by atoms with E-state index in [9.17, 15) is 9.59 Å². The number of benzene rings is 2. The van der Waals surface area contributed by atoms with Crippen molar-refractivity contribution in [2.24, 2.45) is 0 Å². The minimum Gasteiger partial charge on any atom is -0.438 e. The Labute approximate surface area is 160 Å². The number of carbonyl (C=O) groups is 1. The highest BCUT2D eigenvalue weighted by Crippen LogP contribution is 2.47. The van der Waals surface area contributed by atoms with Crippen LogP contribution < -0.4 is 15.6 Å². The van der Waals surface area contributed by atoms with Gasteiger partial charge in [0.05, 0.1) is 5.56 Å². The zero-order chi connectivity index (χ0) is 19.1. The summed E-state index contributed by atoms with van der Waals surface area (Å²) in [5.41, 5.74) is 2.31. The zero-order valence-corrected chi connectivity index (χ0v) is 15.4. The summed E-state index contributed by atoms with van der Waals surface area (Å²) in [4.78, 5) is 31.2. The first-order valence-electron chi connectivity index (χ1n) is 8.38. The van der Waals surface area contributed by atoms with E-state index < -0.39 is 5.92 Å². The van der Waals surface area contributed by atoms with Gasteiger partial charge in [-0.15, -0.1) is 0 Å². The summed E-state index contributed by atoms with van der Waals surface area (Å²) in [6.07, 6.45) is 0. The first-order valence-corrected chi connectivity index (χ1v) is 8.76. The first-order chi connectivity index (χ1) is 12.9. The minimum absolute atomic E-state index is 0.181. The Bertz CT molecular complexity index is 1120. The van der Waals surface area contributed by atoms with Crippen molar-refractivity contribution in [3.63, 3.8) is 0 Å². The Morgan fingerprint density at radius 2 is 2.00 bits per heavy atom. The lowest BCUT2D eigenvalue weighted by atomic mass is 9.84. The van der Waals surface area contributed by atoms with Gasteiger partial charge >= 0.3 is 0 Å². The summed E-state index contributed by atoms with van der Waals surface area (Å²) >= 11 is 6.44. The van der Waals surface area contributed by atoms with Gasteiger partial charge in [0.2, 0.25) is 11.8 Å². The number of nitrogens with zero attached hydrogens (tertiary/aromatic N) is 1. The number of nitrogens with one attached hydrogen (secondary N) is 2. The standard InChI is InChI=1S/C20H16ClN3O3/c1-10-22-19(26)18-17(13-5-3-4-6-15(13)21)14-8-7-12(24-11(2)25)9-16(14)27-20(18)23-10/h3-9,17H,1-2H3,(H,24,25)(H,22,23,26). The molecule has 0 spiro atoms. The lowest BCUT2D eigenvalue weighted by Crippen LogP contribution is -2.25. The molecule has 0 saturated carbocycles. The molecule has 0 aliphatic carbocycles. The first kappa shape index (κ1) is 17.3. The quantitative estimate of drug-likeness (QED) is 0.550. The summed E-state index contributed by atoms with van der Waals surface area (Å²) in [7, 11) is 0.